The zero-order valence-corrected chi connectivity index (χ0v) is 21.8. The van der Waals surface area contributed by atoms with Crippen molar-refractivity contribution in [1.29, 1.82) is 0 Å². The minimum absolute atomic E-state index is 0.0931. The molecule has 2 aromatic carbocycles. The molecule has 1 aromatic heterocycles. The van der Waals surface area contributed by atoms with E-state index in [-0.39, 0.29) is 16.4 Å². The summed E-state index contributed by atoms with van der Waals surface area (Å²) >= 11 is 0.930. The van der Waals surface area contributed by atoms with Gasteiger partial charge in [0.2, 0.25) is 0 Å². The minimum atomic E-state index is -3.64. The summed E-state index contributed by atoms with van der Waals surface area (Å²) < 4.78 is 37.9. The lowest BCUT2D eigenvalue weighted by atomic mass is 10.1. The quantitative estimate of drug-likeness (QED) is 0.301. The average Bonchev–Trinajstić information content (AvgIpc) is 3.42. The third-order valence-corrected chi connectivity index (χ3v) is 9.43. The van der Waals surface area contributed by atoms with E-state index in [9.17, 15) is 23.1 Å². The predicted molar refractivity (Wildman–Crippen MR) is 138 cm³/mol. The Morgan fingerprint density at radius 3 is 2.27 bits per heavy atom. The molecule has 194 valence electrons. The summed E-state index contributed by atoms with van der Waals surface area (Å²) in [6.07, 6.45) is 4.10. The van der Waals surface area contributed by atoms with Crippen molar-refractivity contribution in [2.45, 2.75) is 30.1 Å². The first kappa shape index (κ1) is 26.6. The van der Waals surface area contributed by atoms with Crippen molar-refractivity contribution in [1.82, 2.24) is 4.31 Å². The Labute approximate surface area is 219 Å². The third kappa shape index (κ3) is 6.46. The highest BCUT2D eigenvalue weighted by Crippen LogP contribution is 2.32. The molecule has 0 bridgehead atoms. The van der Waals surface area contributed by atoms with E-state index in [4.69, 9.17) is 4.74 Å². The Morgan fingerprint density at radius 2 is 1.65 bits per heavy atom. The van der Waals surface area contributed by atoms with E-state index < -0.39 is 22.0 Å². The summed E-state index contributed by atoms with van der Waals surface area (Å²) in [6.45, 7) is 1.24. The average molecular weight is 541 g/mol. The standard InChI is InChI=1S/C27H27NO7S2/c1-34-27(31)21-9-5-20(6-10-21)18-35-22-11-7-19(8-12-22)17-23(26(29)30)24-13-14-25(36-24)37(32,33)28-15-3-2-4-16-28/h5-14,17H,2-4,15-16,18H2,1H3,(H,29,30)/p-1/b23-17-. The number of thiophene rings is 1. The number of nitrogens with zero attached hydrogens (tertiary/aromatic N) is 1. The molecule has 0 N–H and O–H groups in total. The Kier molecular flexibility index (Phi) is 8.42. The third-order valence-electron chi connectivity index (χ3n) is 5.95. The van der Waals surface area contributed by atoms with Gasteiger partial charge in [-0.3, -0.25) is 0 Å². The van der Waals surface area contributed by atoms with Gasteiger partial charge in [0.05, 0.1) is 18.6 Å². The zero-order valence-electron chi connectivity index (χ0n) is 20.2. The van der Waals surface area contributed by atoms with E-state index in [2.05, 4.69) is 4.74 Å². The summed E-state index contributed by atoms with van der Waals surface area (Å²) in [5.41, 5.74) is 1.82. The van der Waals surface area contributed by atoms with Gasteiger partial charge in [0.25, 0.3) is 10.0 Å². The van der Waals surface area contributed by atoms with Gasteiger partial charge in [-0.25, -0.2) is 13.2 Å². The van der Waals surface area contributed by atoms with Crippen molar-refractivity contribution < 1.29 is 32.6 Å². The van der Waals surface area contributed by atoms with Crippen molar-refractivity contribution in [2.24, 2.45) is 0 Å². The number of aliphatic carboxylic acids is 1. The molecule has 0 aliphatic carbocycles. The smallest absolute Gasteiger partial charge is 0.337 e. The first-order valence-corrected chi connectivity index (χ1v) is 14.0. The molecule has 0 radical (unpaired) electrons. The van der Waals surface area contributed by atoms with Gasteiger partial charge in [-0.15, -0.1) is 11.3 Å². The summed E-state index contributed by atoms with van der Waals surface area (Å²) in [7, 11) is -2.32. The Hall–Kier alpha value is -3.47. The number of carbonyl (C=O) groups is 2. The molecular weight excluding hydrogens is 514 g/mol. The maximum atomic E-state index is 12.9. The van der Waals surface area contributed by atoms with Gasteiger partial charge in [-0.2, -0.15) is 4.31 Å². The number of hydrogen-bond donors (Lipinski definition) is 0. The van der Waals surface area contributed by atoms with E-state index in [1.165, 1.54) is 29.6 Å². The van der Waals surface area contributed by atoms with Crippen molar-refractivity contribution in [2.75, 3.05) is 20.2 Å². The van der Waals surface area contributed by atoms with E-state index in [1.54, 1.807) is 48.5 Å². The molecule has 1 aliphatic rings. The van der Waals surface area contributed by atoms with Crippen LogP contribution in [0.25, 0.3) is 11.6 Å². The van der Waals surface area contributed by atoms with Gasteiger partial charge in [0.15, 0.2) is 0 Å². The molecule has 1 saturated heterocycles. The lowest BCUT2D eigenvalue weighted by molar-refractivity contribution is -0.295. The molecule has 0 atom stereocenters. The van der Waals surface area contributed by atoms with Crippen molar-refractivity contribution >= 4 is 44.9 Å². The molecule has 37 heavy (non-hydrogen) atoms. The van der Waals surface area contributed by atoms with E-state index in [0.717, 1.165) is 36.2 Å². The van der Waals surface area contributed by atoms with Crippen molar-refractivity contribution in [3.63, 3.8) is 0 Å². The van der Waals surface area contributed by atoms with Crippen LogP contribution in [0.5, 0.6) is 5.75 Å². The van der Waals surface area contributed by atoms with Gasteiger partial charge >= 0.3 is 5.97 Å². The lowest BCUT2D eigenvalue weighted by Gasteiger charge is -2.25. The van der Waals surface area contributed by atoms with Crippen molar-refractivity contribution in [3.8, 4) is 5.75 Å². The van der Waals surface area contributed by atoms with Gasteiger partial charge in [-0.1, -0.05) is 30.7 Å². The number of sulfonamides is 1. The van der Waals surface area contributed by atoms with Crippen LogP contribution in [0.4, 0.5) is 0 Å². The predicted octanol–water partition coefficient (Wildman–Crippen LogP) is 3.58. The van der Waals surface area contributed by atoms with Crippen LogP contribution in [0, 0.1) is 0 Å². The van der Waals surface area contributed by atoms with Crippen LogP contribution in [-0.4, -0.2) is 44.9 Å². The van der Waals surface area contributed by atoms with Gasteiger partial charge < -0.3 is 19.4 Å². The Balaban J connectivity index is 1.45. The van der Waals surface area contributed by atoms with Crippen LogP contribution in [0.1, 0.15) is 45.6 Å². The molecule has 2 heterocycles. The van der Waals surface area contributed by atoms with E-state index >= 15 is 0 Å². The molecule has 1 aliphatic heterocycles. The van der Waals surface area contributed by atoms with Crippen LogP contribution >= 0.6 is 11.3 Å². The monoisotopic (exact) mass is 540 g/mol. The lowest BCUT2D eigenvalue weighted by Crippen LogP contribution is -2.35. The Bertz CT molecular complexity index is 1390. The molecule has 3 aromatic rings. The minimum Gasteiger partial charge on any atom is -0.545 e. The van der Waals surface area contributed by atoms with Crippen molar-refractivity contribution in [3.05, 3.63) is 82.2 Å². The van der Waals surface area contributed by atoms with Gasteiger partial charge in [-0.05, 0) is 66.4 Å². The van der Waals surface area contributed by atoms with E-state index in [1.807, 2.05) is 0 Å². The number of carboxylic acids is 1. The second-order valence-corrected chi connectivity index (χ2v) is 11.7. The molecule has 8 nitrogen and oxygen atoms in total. The molecule has 0 amide bonds. The van der Waals surface area contributed by atoms with Crippen LogP contribution < -0.4 is 9.84 Å². The van der Waals surface area contributed by atoms with Crippen LogP contribution in [0.3, 0.4) is 0 Å². The van der Waals surface area contributed by atoms with Gasteiger partial charge in [0.1, 0.15) is 16.6 Å². The first-order valence-electron chi connectivity index (χ1n) is 11.7. The molecule has 4 rings (SSSR count). The number of methoxy groups -OCH3 is 1. The molecule has 10 heteroatoms. The number of carbonyl (C=O) groups excluding carboxylic acids is 2. The second kappa shape index (κ2) is 11.7. The fraction of sp³-hybridized carbons (Fsp3) is 0.259. The highest BCUT2D eigenvalue weighted by atomic mass is 32.2. The topological polar surface area (TPSA) is 113 Å². The van der Waals surface area contributed by atoms with Crippen LogP contribution in [-0.2, 0) is 26.2 Å². The summed E-state index contributed by atoms with van der Waals surface area (Å²) in [5.74, 6) is -1.22. The number of hydrogen-bond acceptors (Lipinski definition) is 8. The molecule has 1 fully saturated rings. The SMILES string of the molecule is COC(=O)c1ccc(COc2ccc(/C=C(\C(=O)[O-])c3ccc(S(=O)(=O)N4CCCCC4)s3)cc2)cc1. The number of esters is 1. The largest absolute Gasteiger partial charge is 0.545 e. The molecule has 0 spiro atoms. The zero-order chi connectivity index (χ0) is 26.4. The normalized spacial score (nSPS) is 14.8. The second-order valence-electron chi connectivity index (χ2n) is 8.48. The van der Waals surface area contributed by atoms with E-state index in [0.29, 0.717) is 34.8 Å². The Morgan fingerprint density at radius 1 is 0.973 bits per heavy atom. The summed E-state index contributed by atoms with van der Waals surface area (Å²) in [4.78, 5) is 23.7. The number of rotatable bonds is 9. The fourth-order valence-electron chi connectivity index (χ4n) is 3.92. The number of ether oxygens (including phenoxy) is 2. The maximum Gasteiger partial charge on any atom is 0.337 e. The number of piperidine rings is 1. The fourth-order valence-corrected chi connectivity index (χ4v) is 6.90. The number of benzene rings is 2. The first-order chi connectivity index (χ1) is 17.8. The van der Waals surface area contributed by atoms with Crippen LogP contribution in [0.15, 0.2) is 64.9 Å². The maximum absolute atomic E-state index is 12.9. The molecule has 0 unspecified atom stereocenters. The highest BCUT2D eigenvalue weighted by molar-refractivity contribution is 7.91. The van der Waals surface area contributed by atoms with Crippen LogP contribution in [0.2, 0.25) is 0 Å². The molecule has 0 saturated carbocycles. The molecular formula is C27H26NO7S2-. The highest BCUT2D eigenvalue weighted by Gasteiger charge is 2.27. The number of carboxylic acid groups (broad SMARTS) is 1. The van der Waals surface area contributed by atoms with Gasteiger partial charge in [0, 0.05) is 23.5 Å². The summed E-state index contributed by atoms with van der Waals surface area (Å²) in [5, 5.41) is 11.9. The summed E-state index contributed by atoms with van der Waals surface area (Å²) in [6, 6.07) is 16.7.